The van der Waals surface area contributed by atoms with E-state index >= 15 is 0 Å². The molecule has 4 nitrogen and oxygen atoms in total. The van der Waals surface area contributed by atoms with E-state index in [1.807, 2.05) is 25.1 Å². The van der Waals surface area contributed by atoms with Crippen LogP contribution in [0.4, 0.5) is 4.79 Å². The van der Waals surface area contributed by atoms with Gasteiger partial charge in [0, 0.05) is 20.5 Å². The molecule has 1 aromatic carbocycles. The number of amides is 1. The second-order valence-electron chi connectivity index (χ2n) is 3.96. The van der Waals surface area contributed by atoms with Gasteiger partial charge in [-0.15, -0.1) is 0 Å². The molecule has 5 heteroatoms. The number of rotatable bonds is 3. The number of hydrogen-bond acceptors (Lipinski definition) is 3. The zero-order valence-corrected chi connectivity index (χ0v) is 10.5. The van der Waals surface area contributed by atoms with E-state index in [9.17, 15) is 4.79 Å². The van der Waals surface area contributed by atoms with E-state index in [2.05, 4.69) is 4.98 Å². The van der Waals surface area contributed by atoms with Crippen molar-refractivity contribution in [2.45, 2.75) is 13.3 Å². The summed E-state index contributed by atoms with van der Waals surface area (Å²) in [6.45, 7) is 2.40. The standard InChI is InChI=1S/C12H13ClN2O2/c1-8-14-10-4-3-9(7-11(10)17-8)5-6-15(2)12(13)16/h3-4,7H,5-6H2,1-2H3. The van der Waals surface area contributed by atoms with E-state index < -0.39 is 5.37 Å². The normalized spacial score (nSPS) is 10.8. The third-order valence-electron chi connectivity index (χ3n) is 2.60. The van der Waals surface area contributed by atoms with E-state index in [0.29, 0.717) is 12.4 Å². The van der Waals surface area contributed by atoms with Crippen LogP contribution < -0.4 is 0 Å². The van der Waals surface area contributed by atoms with Gasteiger partial charge in [0.15, 0.2) is 11.5 Å². The zero-order valence-electron chi connectivity index (χ0n) is 9.74. The number of aryl methyl sites for hydroxylation is 1. The lowest BCUT2D eigenvalue weighted by Gasteiger charge is -2.12. The minimum Gasteiger partial charge on any atom is -0.441 e. The fourth-order valence-corrected chi connectivity index (χ4v) is 1.71. The quantitative estimate of drug-likeness (QED) is 0.623. The topological polar surface area (TPSA) is 46.3 Å². The first-order valence-corrected chi connectivity index (χ1v) is 5.71. The largest absolute Gasteiger partial charge is 0.441 e. The molecule has 0 N–H and O–H groups in total. The molecule has 0 aliphatic rings. The van der Waals surface area contributed by atoms with Gasteiger partial charge in [-0.05, 0) is 35.7 Å². The molecule has 17 heavy (non-hydrogen) atoms. The Morgan fingerprint density at radius 3 is 3.00 bits per heavy atom. The molecule has 0 unspecified atom stereocenters. The summed E-state index contributed by atoms with van der Waals surface area (Å²) in [5.41, 5.74) is 2.73. The van der Waals surface area contributed by atoms with Gasteiger partial charge in [0.05, 0.1) is 0 Å². The molecule has 0 fully saturated rings. The highest BCUT2D eigenvalue weighted by atomic mass is 35.5. The van der Waals surface area contributed by atoms with Crippen LogP contribution in [0.15, 0.2) is 22.6 Å². The summed E-state index contributed by atoms with van der Waals surface area (Å²) in [5.74, 6) is 0.658. The number of aromatic nitrogens is 1. The van der Waals surface area contributed by atoms with E-state index in [1.54, 1.807) is 7.05 Å². The highest BCUT2D eigenvalue weighted by Crippen LogP contribution is 2.17. The lowest BCUT2D eigenvalue weighted by Crippen LogP contribution is -2.23. The predicted octanol–water partition coefficient (Wildman–Crippen LogP) is 2.97. The van der Waals surface area contributed by atoms with Crippen LogP contribution in [-0.2, 0) is 6.42 Å². The molecule has 0 radical (unpaired) electrons. The molecule has 0 saturated heterocycles. The number of halogens is 1. The molecular formula is C12H13ClN2O2. The second kappa shape index (κ2) is 4.75. The van der Waals surface area contributed by atoms with Gasteiger partial charge in [-0.25, -0.2) is 4.98 Å². The van der Waals surface area contributed by atoms with Crippen LogP contribution in [0.25, 0.3) is 11.1 Å². The lowest BCUT2D eigenvalue weighted by molar-refractivity contribution is 0.232. The summed E-state index contributed by atoms with van der Waals surface area (Å²) >= 11 is 5.35. The molecular weight excluding hydrogens is 240 g/mol. The first kappa shape index (κ1) is 11.9. The van der Waals surface area contributed by atoms with E-state index in [-0.39, 0.29) is 0 Å². The van der Waals surface area contributed by atoms with Crippen molar-refractivity contribution in [2.75, 3.05) is 13.6 Å². The van der Waals surface area contributed by atoms with Crippen molar-refractivity contribution in [3.8, 4) is 0 Å². The second-order valence-corrected chi connectivity index (χ2v) is 4.28. The number of oxazole rings is 1. The van der Waals surface area contributed by atoms with E-state index in [0.717, 1.165) is 23.1 Å². The van der Waals surface area contributed by atoms with Gasteiger partial charge in [-0.3, -0.25) is 4.79 Å². The summed E-state index contributed by atoms with van der Waals surface area (Å²) in [6, 6.07) is 5.85. The maximum absolute atomic E-state index is 10.8. The number of carbonyl (C=O) groups is 1. The molecule has 0 aliphatic carbocycles. The van der Waals surface area contributed by atoms with E-state index in [1.165, 1.54) is 4.90 Å². The highest BCUT2D eigenvalue weighted by Gasteiger charge is 2.06. The average molecular weight is 253 g/mol. The van der Waals surface area contributed by atoms with Gasteiger partial charge in [-0.2, -0.15) is 0 Å². The summed E-state index contributed by atoms with van der Waals surface area (Å²) in [4.78, 5) is 16.5. The van der Waals surface area contributed by atoms with Crippen LogP contribution in [0.5, 0.6) is 0 Å². The van der Waals surface area contributed by atoms with Gasteiger partial charge in [0.1, 0.15) is 5.52 Å². The van der Waals surface area contributed by atoms with Crippen LogP contribution in [0.2, 0.25) is 0 Å². The van der Waals surface area contributed by atoms with Crippen LogP contribution in [0, 0.1) is 6.92 Å². The number of likely N-dealkylation sites (N-methyl/N-ethyl adjacent to an activating group) is 1. The molecule has 0 aliphatic heterocycles. The third kappa shape index (κ3) is 2.77. The number of fused-ring (bicyclic) bond motifs is 1. The molecule has 90 valence electrons. The van der Waals surface area contributed by atoms with Gasteiger partial charge in [0.25, 0.3) is 0 Å². The lowest BCUT2D eigenvalue weighted by atomic mass is 10.1. The highest BCUT2D eigenvalue weighted by molar-refractivity contribution is 6.62. The van der Waals surface area contributed by atoms with Crippen molar-refractivity contribution in [1.82, 2.24) is 9.88 Å². The van der Waals surface area contributed by atoms with E-state index in [4.69, 9.17) is 16.0 Å². The van der Waals surface area contributed by atoms with Gasteiger partial charge in [-0.1, -0.05) is 6.07 Å². The first-order chi connectivity index (χ1) is 8.06. The monoisotopic (exact) mass is 252 g/mol. The van der Waals surface area contributed by atoms with Crippen LogP contribution in [0.3, 0.4) is 0 Å². The van der Waals surface area contributed by atoms with Crippen molar-refractivity contribution >= 4 is 28.1 Å². The number of carbonyl (C=O) groups excluding carboxylic acids is 1. The smallest absolute Gasteiger partial charge is 0.316 e. The van der Waals surface area contributed by atoms with Gasteiger partial charge >= 0.3 is 5.37 Å². The SMILES string of the molecule is Cc1nc2ccc(CCN(C)C(=O)Cl)cc2o1. The van der Waals surface area contributed by atoms with Crippen molar-refractivity contribution in [2.24, 2.45) is 0 Å². The molecule has 2 rings (SSSR count). The Morgan fingerprint density at radius 1 is 1.53 bits per heavy atom. The minimum absolute atomic E-state index is 0.443. The fourth-order valence-electron chi connectivity index (χ4n) is 1.62. The Kier molecular flexibility index (Phi) is 3.33. The first-order valence-electron chi connectivity index (χ1n) is 5.33. The number of hydrogen-bond donors (Lipinski definition) is 0. The molecule has 0 atom stereocenters. The Labute approximate surface area is 104 Å². The molecule has 0 spiro atoms. The summed E-state index contributed by atoms with van der Waals surface area (Å²) < 4.78 is 5.45. The molecule has 0 bridgehead atoms. The maximum Gasteiger partial charge on any atom is 0.316 e. The molecule has 2 aromatic rings. The number of benzene rings is 1. The Hall–Kier alpha value is -1.55. The van der Waals surface area contributed by atoms with Crippen LogP contribution in [-0.4, -0.2) is 28.8 Å². The van der Waals surface area contributed by atoms with Crippen molar-refractivity contribution < 1.29 is 9.21 Å². The fraction of sp³-hybridized carbons (Fsp3) is 0.333. The van der Waals surface area contributed by atoms with Crippen molar-refractivity contribution in [3.63, 3.8) is 0 Å². The number of nitrogens with zero attached hydrogens (tertiary/aromatic N) is 2. The molecule has 1 heterocycles. The molecule has 0 saturated carbocycles. The zero-order chi connectivity index (χ0) is 12.4. The predicted molar refractivity (Wildman–Crippen MR) is 66.3 cm³/mol. The van der Waals surface area contributed by atoms with Crippen molar-refractivity contribution in [3.05, 3.63) is 29.7 Å². The summed E-state index contributed by atoms with van der Waals surface area (Å²) in [5, 5.41) is -0.443. The Morgan fingerprint density at radius 2 is 2.29 bits per heavy atom. The Balaban J connectivity index is 2.11. The van der Waals surface area contributed by atoms with Gasteiger partial charge in [0.2, 0.25) is 0 Å². The van der Waals surface area contributed by atoms with Gasteiger partial charge < -0.3 is 9.32 Å². The molecule has 1 aromatic heterocycles. The average Bonchev–Trinajstić information content (AvgIpc) is 2.64. The minimum atomic E-state index is -0.443. The summed E-state index contributed by atoms with van der Waals surface area (Å²) in [6.07, 6.45) is 0.741. The van der Waals surface area contributed by atoms with Crippen molar-refractivity contribution in [1.29, 1.82) is 0 Å². The summed E-state index contributed by atoms with van der Waals surface area (Å²) in [7, 11) is 1.67. The Bertz CT molecular complexity index is 550. The molecule has 1 amide bonds. The van der Waals surface area contributed by atoms with Crippen LogP contribution in [0.1, 0.15) is 11.5 Å². The van der Waals surface area contributed by atoms with Crippen LogP contribution >= 0.6 is 11.6 Å². The maximum atomic E-state index is 10.8. The third-order valence-corrected chi connectivity index (χ3v) is 2.88.